The van der Waals surface area contributed by atoms with E-state index in [1.807, 2.05) is 24.3 Å². The molecule has 0 radical (unpaired) electrons. The van der Waals surface area contributed by atoms with E-state index < -0.39 is 5.97 Å². The van der Waals surface area contributed by atoms with Crippen LogP contribution in [0.2, 0.25) is 0 Å². The topological polar surface area (TPSA) is 54.6 Å². The number of carboxylic acid groups (broad SMARTS) is 1. The number of rotatable bonds is 2. The highest BCUT2D eigenvalue weighted by Gasteiger charge is 2.13. The molecular weight excluding hydrogens is 316 g/mol. The van der Waals surface area contributed by atoms with E-state index in [9.17, 15) is 4.79 Å². The van der Waals surface area contributed by atoms with Gasteiger partial charge in [-0.15, -0.1) is 11.3 Å². The molecular formula is C12H7BrN2O2S. The van der Waals surface area contributed by atoms with Crippen LogP contribution in [-0.4, -0.2) is 20.5 Å². The van der Waals surface area contributed by atoms with Crippen LogP contribution in [-0.2, 0) is 0 Å². The molecule has 90 valence electrons. The Hall–Kier alpha value is -1.66. The van der Waals surface area contributed by atoms with E-state index in [4.69, 9.17) is 5.11 Å². The lowest BCUT2D eigenvalue weighted by atomic mass is 10.2. The van der Waals surface area contributed by atoms with Crippen molar-refractivity contribution in [3.8, 4) is 11.3 Å². The Morgan fingerprint density at radius 3 is 3.00 bits per heavy atom. The first kappa shape index (κ1) is 11.4. The van der Waals surface area contributed by atoms with Gasteiger partial charge in [0.05, 0.1) is 5.69 Å². The number of hydrogen-bond donors (Lipinski definition) is 1. The van der Waals surface area contributed by atoms with Crippen LogP contribution in [0.15, 0.2) is 40.3 Å². The van der Waals surface area contributed by atoms with E-state index in [-0.39, 0.29) is 5.69 Å². The van der Waals surface area contributed by atoms with Crippen LogP contribution in [0.5, 0.6) is 0 Å². The fraction of sp³-hybridized carbons (Fsp3) is 0. The van der Waals surface area contributed by atoms with Gasteiger partial charge < -0.3 is 5.11 Å². The Balaban J connectivity index is 2.17. The minimum atomic E-state index is -0.945. The first-order valence-electron chi connectivity index (χ1n) is 5.11. The summed E-state index contributed by atoms with van der Waals surface area (Å²) < 4.78 is 2.57. The fourth-order valence-electron chi connectivity index (χ4n) is 1.72. The second-order valence-electron chi connectivity index (χ2n) is 3.72. The Bertz CT molecular complexity index is 747. The lowest BCUT2D eigenvalue weighted by molar-refractivity contribution is 0.0689. The largest absolute Gasteiger partial charge is 0.477 e. The molecule has 0 fully saturated rings. The third-order valence-corrected chi connectivity index (χ3v) is 3.88. The van der Waals surface area contributed by atoms with Gasteiger partial charge in [-0.25, -0.2) is 9.78 Å². The average molecular weight is 323 g/mol. The van der Waals surface area contributed by atoms with Crippen molar-refractivity contribution in [1.82, 2.24) is 9.38 Å². The molecule has 0 atom stereocenters. The Morgan fingerprint density at radius 1 is 1.44 bits per heavy atom. The standard InChI is InChI=1S/C12H7BrN2O2S/c13-8-3-1-2-7(4-8)9-5-15-10(11(16)17)6-18-12(15)14-9/h1-6H,(H,16,17). The quantitative estimate of drug-likeness (QED) is 0.785. The van der Waals surface area contributed by atoms with Gasteiger partial charge in [0, 0.05) is 21.6 Å². The lowest BCUT2D eigenvalue weighted by Crippen LogP contribution is -1.99. The zero-order chi connectivity index (χ0) is 12.7. The molecule has 6 heteroatoms. The van der Waals surface area contributed by atoms with Gasteiger partial charge in [0.1, 0.15) is 5.69 Å². The number of carbonyl (C=O) groups is 1. The summed E-state index contributed by atoms with van der Waals surface area (Å²) in [6.45, 7) is 0. The first-order valence-corrected chi connectivity index (χ1v) is 6.78. The highest BCUT2D eigenvalue weighted by Crippen LogP contribution is 2.25. The maximum absolute atomic E-state index is 11.0. The van der Waals surface area contributed by atoms with Gasteiger partial charge in [0.2, 0.25) is 0 Å². The molecule has 0 saturated heterocycles. The summed E-state index contributed by atoms with van der Waals surface area (Å²) in [4.78, 5) is 16.1. The molecule has 18 heavy (non-hydrogen) atoms. The SMILES string of the molecule is O=C(O)c1csc2nc(-c3cccc(Br)c3)cn12. The first-order chi connectivity index (χ1) is 8.65. The fourth-order valence-corrected chi connectivity index (χ4v) is 2.97. The van der Waals surface area contributed by atoms with Gasteiger partial charge in [-0.2, -0.15) is 0 Å². The Morgan fingerprint density at radius 2 is 2.28 bits per heavy atom. The molecule has 4 nitrogen and oxygen atoms in total. The number of aromatic nitrogens is 2. The molecule has 3 aromatic rings. The van der Waals surface area contributed by atoms with E-state index in [1.54, 1.807) is 16.0 Å². The summed E-state index contributed by atoms with van der Waals surface area (Å²) in [5.41, 5.74) is 1.96. The molecule has 0 unspecified atom stereocenters. The van der Waals surface area contributed by atoms with Crippen LogP contribution in [0.3, 0.4) is 0 Å². The number of halogens is 1. The number of imidazole rings is 1. The van der Waals surface area contributed by atoms with Crippen LogP contribution in [0, 0.1) is 0 Å². The second kappa shape index (κ2) is 4.22. The maximum atomic E-state index is 11.0. The third-order valence-electron chi connectivity index (χ3n) is 2.55. The molecule has 0 bridgehead atoms. The summed E-state index contributed by atoms with van der Waals surface area (Å²) in [5, 5.41) is 10.6. The van der Waals surface area contributed by atoms with Crippen molar-refractivity contribution in [2.75, 3.05) is 0 Å². The molecule has 1 aromatic carbocycles. The van der Waals surface area contributed by atoms with E-state index in [0.717, 1.165) is 15.7 Å². The van der Waals surface area contributed by atoms with Crippen LogP contribution in [0.1, 0.15) is 10.5 Å². The lowest BCUT2D eigenvalue weighted by Gasteiger charge is -1.96. The molecule has 0 aliphatic rings. The zero-order valence-electron chi connectivity index (χ0n) is 9.00. The van der Waals surface area contributed by atoms with Crippen LogP contribution < -0.4 is 0 Å². The van der Waals surface area contributed by atoms with E-state index >= 15 is 0 Å². The van der Waals surface area contributed by atoms with Gasteiger partial charge in [-0.05, 0) is 12.1 Å². The summed E-state index contributed by atoms with van der Waals surface area (Å²) >= 11 is 4.73. The molecule has 1 N–H and O–H groups in total. The predicted molar refractivity (Wildman–Crippen MR) is 73.2 cm³/mol. The Kier molecular flexibility index (Phi) is 2.68. The van der Waals surface area contributed by atoms with Crippen molar-refractivity contribution in [2.45, 2.75) is 0 Å². The van der Waals surface area contributed by atoms with Crippen LogP contribution >= 0.6 is 27.3 Å². The predicted octanol–water partition coefficient (Wildman–Crippen LogP) is 3.52. The van der Waals surface area contributed by atoms with Crippen molar-refractivity contribution in [2.24, 2.45) is 0 Å². The molecule has 0 saturated carbocycles. The second-order valence-corrected chi connectivity index (χ2v) is 5.47. The minimum absolute atomic E-state index is 0.240. The van der Waals surface area contributed by atoms with Crippen molar-refractivity contribution >= 4 is 38.2 Å². The number of nitrogens with zero attached hydrogens (tertiary/aromatic N) is 2. The van der Waals surface area contributed by atoms with Gasteiger partial charge in [-0.1, -0.05) is 28.1 Å². The van der Waals surface area contributed by atoms with Crippen LogP contribution in [0.25, 0.3) is 16.2 Å². The molecule has 2 heterocycles. The highest BCUT2D eigenvalue weighted by molar-refractivity contribution is 9.10. The van der Waals surface area contributed by atoms with Crippen molar-refractivity contribution < 1.29 is 9.90 Å². The van der Waals surface area contributed by atoms with Crippen molar-refractivity contribution in [1.29, 1.82) is 0 Å². The highest BCUT2D eigenvalue weighted by atomic mass is 79.9. The van der Waals surface area contributed by atoms with Gasteiger partial charge in [-0.3, -0.25) is 4.40 Å². The number of fused-ring (bicyclic) bond motifs is 1. The molecule has 3 rings (SSSR count). The number of benzene rings is 1. The van der Waals surface area contributed by atoms with Gasteiger partial charge >= 0.3 is 5.97 Å². The number of thiazole rings is 1. The zero-order valence-corrected chi connectivity index (χ0v) is 11.4. The molecule has 0 spiro atoms. The average Bonchev–Trinajstić information content (AvgIpc) is 2.87. The van der Waals surface area contributed by atoms with Crippen molar-refractivity contribution in [3.05, 3.63) is 46.0 Å². The van der Waals surface area contributed by atoms with Crippen LogP contribution in [0.4, 0.5) is 0 Å². The summed E-state index contributed by atoms with van der Waals surface area (Å²) in [7, 11) is 0. The molecule has 0 aliphatic carbocycles. The third kappa shape index (κ3) is 1.83. The summed E-state index contributed by atoms with van der Waals surface area (Å²) in [5.74, 6) is -0.945. The smallest absolute Gasteiger partial charge is 0.353 e. The van der Waals surface area contributed by atoms with Crippen molar-refractivity contribution in [3.63, 3.8) is 0 Å². The minimum Gasteiger partial charge on any atom is -0.477 e. The summed E-state index contributed by atoms with van der Waals surface area (Å²) in [6, 6.07) is 7.75. The summed E-state index contributed by atoms with van der Waals surface area (Å²) in [6.07, 6.45) is 1.75. The molecule has 0 amide bonds. The molecule has 0 aliphatic heterocycles. The number of aromatic carboxylic acids is 1. The van der Waals surface area contributed by atoms with E-state index in [2.05, 4.69) is 20.9 Å². The number of hydrogen-bond acceptors (Lipinski definition) is 3. The van der Waals surface area contributed by atoms with Gasteiger partial charge in [0.25, 0.3) is 0 Å². The number of carboxylic acids is 1. The monoisotopic (exact) mass is 322 g/mol. The maximum Gasteiger partial charge on any atom is 0.353 e. The molecule has 2 aromatic heterocycles. The van der Waals surface area contributed by atoms with Gasteiger partial charge in [0.15, 0.2) is 4.96 Å². The normalized spacial score (nSPS) is 10.9. The van der Waals surface area contributed by atoms with E-state index in [1.165, 1.54) is 11.3 Å². The van der Waals surface area contributed by atoms with E-state index in [0.29, 0.717) is 4.96 Å². The Labute approximate surface area is 115 Å².